The van der Waals surface area contributed by atoms with Gasteiger partial charge in [0, 0.05) is 13.1 Å². The van der Waals surface area contributed by atoms with Crippen molar-refractivity contribution in [2.75, 3.05) is 12.8 Å². The summed E-state index contributed by atoms with van der Waals surface area (Å²) in [6, 6.07) is 10.1. The van der Waals surface area contributed by atoms with Crippen LogP contribution in [0, 0.1) is 11.3 Å². The molecule has 0 radical (unpaired) electrons. The number of aromatic amines is 1. The molecule has 136 valence electrons. The van der Waals surface area contributed by atoms with E-state index in [1.54, 1.807) is 0 Å². The third-order valence-corrected chi connectivity index (χ3v) is 6.36. The Morgan fingerprint density at radius 1 is 1.38 bits per heavy atom. The quantitative estimate of drug-likeness (QED) is 0.453. The molecule has 0 spiro atoms. The number of nitriles is 1. The molecule has 7 heteroatoms. The van der Waals surface area contributed by atoms with Gasteiger partial charge in [0.05, 0.1) is 16.8 Å². The minimum absolute atomic E-state index is 0.00375. The van der Waals surface area contributed by atoms with Gasteiger partial charge in [0.1, 0.15) is 21.7 Å². The molecule has 0 bridgehead atoms. The summed E-state index contributed by atoms with van der Waals surface area (Å²) in [4.78, 5) is 9.62. The molecule has 1 aromatic heterocycles. The number of thioether (sulfide) groups is 1. The van der Waals surface area contributed by atoms with E-state index in [2.05, 4.69) is 20.9 Å². The van der Waals surface area contributed by atoms with Gasteiger partial charge in [-0.1, -0.05) is 55.4 Å². The third kappa shape index (κ3) is 4.19. The van der Waals surface area contributed by atoms with E-state index in [-0.39, 0.29) is 17.1 Å². The summed E-state index contributed by atoms with van der Waals surface area (Å²) >= 11 is 6.90. The zero-order valence-electron chi connectivity index (χ0n) is 14.7. The molecule has 1 saturated carbocycles. The van der Waals surface area contributed by atoms with E-state index < -0.39 is 0 Å². The molecule has 1 aliphatic rings. The van der Waals surface area contributed by atoms with Crippen molar-refractivity contribution in [3.8, 4) is 6.07 Å². The second kappa shape index (κ2) is 8.56. The van der Waals surface area contributed by atoms with Gasteiger partial charge >= 0.3 is 0 Å². The van der Waals surface area contributed by atoms with Crippen molar-refractivity contribution in [2.45, 2.75) is 38.1 Å². The van der Waals surface area contributed by atoms with Crippen LogP contribution in [0.2, 0.25) is 0 Å². The van der Waals surface area contributed by atoms with Crippen LogP contribution in [-0.4, -0.2) is 43.1 Å². The number of nitrogens with zero attached hydrogens (tertiary/aromatic N) is 3. The molecule has 2 aromatic rings. The molecule has 26 heavy (non-hydrogen) atoms. The van der Waals surface area contributed by atoms with Crippen LogP contribution in [0.15, 0.2) is 30.0 Å². The number of aliphatic hydroxyl groups excluding tert-OH is 1. The highest BCUT2D eigenvalue weighted by Gasteiger charge is 2.21. The number of imidazole rings is 1. The van der Waals surface area contributed by atoms with E-state index in [1.807, 2.05) is 31.3 Å². The number of benzene rings is 1. The van der Waals surface area contributed by atoms with Crippen molar-refractivity contribution >= 4 is 44.9 Å². The van der Waals surface area contributed by atoms with Gasteiger partial charge in [0.15, 0.2) is 5.82 Å². The smallest absolute Gasteiger partial charge is 0.152 e. The molecule has 0 amide bonds. The first-order chi connectivity index (χ1) is 12.6. The fourth-order valence-corrected chi connectivity index (χ4v) is 4.33. The van der Waals surface area contributed by atoms with Crippen LogP contribution in [0.4, 0.5) is 0 Å². The van der Waals surface area contributed by atoms with Gasteiger partial charge < -0.3 is 15.0 Å². The number of allylic oxidation sites excluding steroid dienone is 1. The standard InChI is InChI=1S/C19H22N4OS2/c1-23(13-7-3-2-4-8-13)19(25)26-12-17(24)14(11-20)18-21-15-9-5-6-10-16(15)22-18/h5-6,9-10,13,24H,2-4,7-8,12H2,1H3,(H,21,22)/b17-14+. The normalized spacial score (nSPS) is 16.2. The summed E-state index contributed by atoms with van der Waals surface area (Å²) in [6.07, 6.45) is 6.13. The molecule has 0 unspecified atom stereocenters. The maximum Gasteiger partial charge on any atom is 0.152 e. The Kier molecular flexibility index (Phi) is 6.17. The number of nitrogens with one attached hydrogen (secondary N) is 1. The number of aliphatic hydroxyl groups is 1. The first-order valence-corrected chi connectivity index (χ1v) is 10.2. The lowest BCUT2D eigenvalue weighted by atomic mass is 9.95. The van der Waals surface area contributed by atoms with E-state index >= 15 is 0 Å². The van der Waals surface area contributed by atoms with Gasteiger partial charge in [-0.05, 0) is 25.0 Å². The van der Waals surface area contributed by atoms with E-state index in [9.17, 15) is 10.4 Å². The number of thiocarbonyl (C=S) groups is 1. The van der Waals surface area contributed by atoms with Gasteiger partial charge in [-0.25, -0.2) is 4.98 Å². The van der Waals surface area contributed by atoms with E-state index in [4.69, 9.17) is 12.2 Å². The monoisotopic (exact) mass is 386 g/mol. The average molecular weight is 387 g/mol. The number of para-hydroxylation sites is 2. The summed E-state index contributed by atoms with van der Waals surface area (Å²) in [7, 11) is 2.02. The van der Waals surface area contributed by atoms with E-state index in [1.165, 1.54) is 43.9 Å². The first kappa shape index (κ1) is 18.7. The molecule has 0 atom stereocenters. The van der Waals surface area contributed by atoms with Gasteiger partial charge in [0.2, 0.25) is 0 Å². The van der Waals surface area contributed by atoms with Gasteiger partial charge in [-0.3, -0.25) is 0 Å². The third-order valence-electron chi connectivity index (χ3n) is 4.77. The fourth-order valence-electron chi connectivity index (χ4n) is 3.25. The zero-order valence-corrected chi connectivity index (χ0v) is 16.4. The Labute approximate surface area is 163 Å². The maximum atomic E-state index is 10.4. The lowest BCUT2D eigenvalue weighted by Crippen LogP contribution is -2.36. The van der Waals surface area contributed by atoms with Crippen molar-refractivity contribution in [1.82, 2.24) is 14.9 Å². The highest BCUT2D eigenvalue weighted by Crippen LogP contribution is 2.26. The van der Waals surface area contributed by atoms with Crippen LogP contribution in [0.25, 0.3) is 16.6 Å². The Morgan fingerprint density at radius 2 is 2.12 bits per heavy atom. The lowest BCUT2D eigenvalue weighted by molar-refractivity contribution is 0.285. The van der Waals surface area contributed by atoms with Crippen molar-refractivity contribution in [1.29, 1.82) is 5.26 Å². The summed E-state index contributed by atoms with van der Waals surface area (Å²) < 4.78 is 0.755. The number of hydrogen-bond acceptors (Lipinski definition) is 5. The van der Waals surface area contributed by atoms with E-state index in [0.717, 1.165) is 15.4 Å². The molecule has 3 rings (SSSR count). The van der Waals surface area contributed by atoms with Crippen LogP contribution in [0.1, 0.15) is 37.9 Å². The molecule has 1 heterocycles. The first-order valence-electron chi connectivity index (χ1n) is 8.77. The van der Waals surface area contributed by atoms with Crippen molar-refractivity contribution in [2.24, 2.45) is 0 Å². The molecule has 1 aliphatic carbocycles. The summed E-state index contributed by atoms with van der Waals surface area (Å²) in [5.41, 5.74) is 1.77. The van der Waals surface area contributed by atoms with Crippen LogP contribution in [0.3, 0.4) is 0 Å². The summed E-state index contributed by atoms with van der Waals surface area (Å²) in [6.45, 7) is 0. The highest BCUT2D eigenvalue weighted by atomic mass is 32.2. The van der Waals surface area contributed by atoms with Crippen molar-refractivity contribution in [3.63, 3.8) is 0 Å². The lowest BCUT2D eigenvalue weighted by Gasteiger charge is -2.32. The minimum atomic E-state index is -0.00375. The van der Waals surface area contributed by atoms with Crippen molar-refractivity contribution in [3.05, 3.63) is 35.8 Å². The second-order valence-electron chi connectivity index (χ2n) is 6.49. The molecule has 1 aromatic carbocycles. The summed E-state index contributed by atoms with van der Waals surface area (Å²) in [5.74, 6) is 0.643. The van der Waals surface area contributed by atoms with Gasteiger partial charge in [0.25, 0.3) is 0 Å². The number of fused-ring (bicyclic) bond motifs is 1. The van der Waals surface area contributed by atoms with Crippen LogP contribution >= 0.6 is 24.0 Å². The predicted octanol–water partition coefficient (Wildman–Crippen LogP) is 4.64. The number of hydrogen-bond donors (Lipinski definition) is 2. The Bertz CT molecular complexity index is 829. The summed E-state index contributed by atoms with van der Waals surface area (Å²) in [5, 5.41) is 19.9. The molecule has 5 nitrogen and oxygen atoms in total. The van der Waals surface area contributed by atoms with Crippen LogP contribution in [0.5, 0.6) is 0 Å². The predicted molar refractivity (Wildman–Crippen MR) is 111 cm³/mol. The fraction of sp³-hybridized carbons (Fsp3) is 0.421. The number of rotatable bonds is 4. The largest absolute Gasteiger partial charge is 0.510 e. The second-order valence-corrected chi connectivity index (χ2v) is 8.10. The highest BCUT2D eigenvalue weighted by molar-refractivity contribution is 8.23. The SMILES string of the molecule is CN(C(=S)SC/C(O)=C(/C#N)c1nc2ccccc2[nH]1)C1CCCCC1. The molecular formula is C19H22N4OS2. The van der Waals surface area contributed by atoms with Crippen LogP contribution < -0.4 is 0 Å². The molecule has 0 aliphatic heterocycles. The maximum absolute atomic E-state index is 10.4. The topological polar surface area (TPSA) is 75.9 Å². The van der Waals surface area contributed by atoms with Crippen LogP contribution in [-0.2, 0) is 0 Å². The molecular weight excluding hydrogens is 364 g/mol. The van der Waals surface area contributed by atoms with Gasteiger partial charge in [-0.15, -0.1) is 0 Å². The number of H-pyrrole nitrogens is 1. The minimum Gasteiger partial charge on any atom is -0.510 e. The average Bonchev–Trinajstić information content (AvgIpc) is 3.10. The number of aromatic nitrogens is 2. The van der Waals surface area contributed by atoms with E-state index in [0.29, 0.717) is 11.9 Å². The Morgan fingerprint density at radius 3 is 2.81 bits per heavy atom. The molecule has 1 fully saturated rings. The van der Waals surface area contributed by atoms with Crippen molar-refractivity contribution < 1.29 is 5.11 Å². The molecule has 2 N–H and O–H groups in total. The van der Waals surface area contributed by atoms with Gasteiger partial charge in [-0.2, -0.15) is 5.26 Å². The molecule has 0 saturated heterocycles. The Hall–Kier alpha value is -2.04. The zero-order chi connectivity index (χ0) is 18.5. The Balaban J connectivity index is 1.68.